The molecule has 0 saturated heterocycles. The minimum Gasteiger partial charge on any atom is -0.460 e. The number of alkyl halides is 1. The van der Waals surface area contributed by atoms with Gasteiger partial charge in [0.1, 0.15) is 5.60 Å². The van der Waals surface area contributed by atoms with E-state index in [2.05, 4.69) is 0 Å². The molecule has 0 amide bonds. The van der Waals surface area contributed by atoms with Gasteiger partial charge in [0.2, 0.25) is 0 Å². The third kappa shape index (κ3) is 13.7. The molecular formula is C14H27ClO2. The Bertz CT molecular complexity index is 197. The Morgan fingerprint density at radius 1 is 0.941 bits per heavy atom. The lowest BCUT2D eigenvalue weighted by atomic mass is 10.1. The van der Waals surface area contributed by atoms with Gasteiger partial charge in [-0.25, -0.2) is 0 Å². The second kappa shape index (κ2) is 9.76. The second-order valence-electron chi connectivity index (χ2n) is 5.50. The Morgan fingerprint density at radius 2 is 1.41 bits per heavy atom. The third-order valence-electron chi connectivity index (χ3n) is 2.43. The molecule has 0 aliphatic carbocycles. The highest BCUT2D eigenvalue weighted by atomic mass is 35.5. The molecule has 0 radical (unpaired) electrons. The largest absolute Gasteiger partial charge is 0.460 e. The van der Waals surface area contributed by atoms with Crippen molar-refractivity contribution in [1.82, 2.24) is 0 Å². The van der Waals surface area contributed by atoms with Crippen molar-refractivity contribution in [3.05, 3.63) is 0 Å². The van der Waals surface area contributed by atoms with E-state index in [4.69, 9.17) is 16.3 Å². The first-order valence-electron chi connectivity index (χ1n) is 6.73. The molecule has 0 aromatic heterocycles. The average Bonchev–Trinajstić information content (AvgIpc) is 2.19. The molecule has 17 heavy (non-hydrogen) atoms. The Balaban J connectivity index is 3.25. The summed E-state index contributed by atoms with van der Waals surface area (Å²) in [5, 5.41) is 0. The summed E-state index contributed by atoms with van der Waals surface area (Å²) in [5.41, 5.74) is -0.349. The Kier molecular flexibility index (Phi) is 9.62. The van der Waals surface area contributed by atoms with E-state index in [1.807, 2.05) is 20.8 Å². The summed E-state index contributed by atoms with van der Waals surface area (Å²) in [7, 11) is 0. The normalized spacial score (nSPS) is 11.5. The molecule has 2 nitrogen and oxygen atoms in total. The van der Waals surface area contributed by atoms with Crippen molar-refractivity contribution in [3.8, 4) is 0 Å². The summed E-state index contributed by atoms with van der Waals surface area (Å²) in [6.07, 6.45) is 8.72. The van der Waals surface area contributed by atoms with Crippen LogP contribution >= 0.6 is 11.6 Å². The first kappa shape index (κ1) is 16.8. The van der Waals surface area contributed by atoms with Gasteiger partial charge in [-0.3, -0.25) is 4.79 Å². The van der Waals surface area contributed by atoms with Gasteiger partial charge >= 0.3 is 5.97 Å². The van der Waals surface area contributed by atoms with E-state index in [1.165, 1.54) is 25.7 Å². The number of halogens is 1. The quantitative estimate of drug-likeness (QED) is 0.342. The van der Waals surface area contributed by atoms with Crippen LogP contribution in [0.4, 0.5) is 0 Å². The van der Waals surface area contributed by atoms with E-state index < -0.39 is 0 Å². The molecule has 102 valence electrons. The smallest absolute Gasteiger partial charge is 0.306 e. The van der Waals surface area contributed by atoms with Crippen molar-refractivity contribution >= 4 is 17.6 Å². The maximum atomic E-state index is 11.4. The Labute approximate surface area is 111 Å². The van der Waals surface area contributed by atoms with E-state index >= 15 is 0 Å². The van der Waals surface area contributed by atoms with Gasteiger partial charge in [-0.2, -0.15) is 0 Å². The van der Waals surface area contributed by atoms with E-state index in [9.17, 15) is 4.79 Å². The zero-order valence-electron chi connectivity index (χ0n) is 11.6. The highest BCUT2D eigenvalue weighted by Gasteiger charge is 2.15. The highest BCUT2D eigenvalue weighted by molar-refractivity contribution is 6.17. The SMILES string of the molecule is CC(C)(C)OC(=O)CCCCCCCCCCl. The molecule has 0 aliphatic heterocycles. The van der Waals surface area contributed by atoms with Crippen LogP contribution in [-0.2, 0) is 9.53 Å². The Hall–Kier alpha value is -0.240. The van der Waals surface area contributed by atoms with Gasteiger partial charge in [0, 0.05) is 12.3 Å². The molecule has 0 bridgehead atoms. The summed E-state index contributed by atoms with van der Waals surface area (Å²) >= 11 is 5.60. The molecule has 0 rings (SSSR count). The number of esters is 1. The van der Waals surface area contributed by atoms with Gasteiger partial charge in [-0.15, -0.1) is 11.6 Å². The average molecular weight is 263 g/mol. The van der Waals surface area contributed by atoms with Crippen molar-refractivity contribution in [2.45, 2.75) is 77.7 Å². The minimum absolute atomic E-state index is 0.0698. The van der Waals surface area contributed by atoms with Crippen LogP contribution in [0.5, 0.6) is 0 Å². The molecular weight excluding hydrogens is 236 g/mol. The second-order valence-corrected chi connectivity index (χ2v) is 5.88. The zero-order chi connectivity index (χ0) is 13.1. The van der Waals surface area contributed by atoms with E-state index in [0.29, 0.717) is 6.42 Å². The number of hydrogen-bond donors (Lipinski definition) is 0. The topological polar surface area (TPSA) is 26.3 Å². The van der Waals surface area contributed by atoms with Crippen molar-refractivity contribution in [1.29, 1.82) is 0 Å². The minimum atomic E-state index is -0.349. The maximum absolute atomic E-state index is 11.4. The number of carbonyl (C=O) groups is 1. The van der Waals surface area contributed by atoms with Crippen molar-refractivity contribution < 1.29 is 9.53 Å². The number of rotatable bonds is 9. The van der Waals surface area contributed by atoms with Gasteiger partial charge in [-0.05, 0) is 33.6 Å². The molecule has 0 atom stereocenters. The van der Waals surface area contributed by atoms with Crippen LogP contribution in [0, 0.1) is 0 Å². The molecule has 0 aromatic carbocycles. The first-order chi connectivity index (χ1) is 7.95. The Morgan fingerprint density at radius 3 is 1.88 bits per heavy atom. The molecule has 0 N–H and O–H groups in total. The number of carbonyl (C=O) groups excluding carboxylic acids is 1. The van der Waals surface area contributed by atoms with Crippen molar-refractivity contribution in [3.63, 3.8) is 0 Å². The predicted molar refractivity (Wildman–Crippen MR) is 73.5 cm³/mol. The van der Waals surface area contributed by atoms with Crippen molar-refractivity contribution in [2.24, 2.45) is 0 Å². The summed E-state index contributed by atoms with van der Waals surface area (Å²) in [4.78, 5) is 11.4. The fraction of sp³-hybridized carbons (Fsp3) is 0.929. The van der Waals surface area contributed by atoms with Crippen LogP contribution in [-0.4, -0.2) is 17.5 Å². The lowest BCUT2D eigenvalue weighted by molar-refractivity contribution is -0.154. The third-order valence-corrected chi connectivity index (χ3v) is 2.70. The van der Waals surface area contributed by atoms with E-state index in [1.54, 1.807) is 0 Å². The fourth-order valence-corrected chi connectivity index (χ4v) is 1.83. The van der Waals surface area contributed by atoms with Crippen LogP contribution in [0.15, 0.2) is 0 Å². The van der Waals surface area contributed by atoms with Crippen LogP contribution in [0.25, 0.3) is 0 Å². The zero-order valence-corrected chi connectivity index (χ0v) is 12.3. The van der Waals surface area contributed by atoms with Crippen LogP contribution < -0.4 is 0 Å². The standard InChI is InChI=1S/C14H27ClO2/c1-14(2,3)17-13(16)11-9-7-5-4-6-8-10-12-15/h4-12H2,1-3H3. The lowest BCUT2D eigenvalue weighted by Crippen LogP contribution is -2.23. The maximum Gasteiger partial charge on any atom is 0.306 e. The molecule has 0 aromatic rings. The molecule has 0 heterocycles. The molecule has 0 unspecified atom stereocenters. The van der Waals surface area contributed by atoms with E-state index in [-0.39, 0.29) is 11.6 Å². The van der Waals surface area contributed by atoms with Gasteiger partial charge in [0.05, 0.1) is 0 Å². The molecule has 0 spiro atoms. The number of hydrogen-bond acceptors (Lipinski definition) is 2. The van der Waals surface area contributed by atoms with E-state index in [0.717, 1.165) is 25.1 Å². The van der Waals surface area contributed by atoms with Gasteiger partial charge < -0.3 is 4.74 Å². The van der Waals surface area contributed by atoms with Crippen molar-refractivity contribution in [2.75, 3.05) is 5.88 Å². The summed E-state index contributed by atoms with van der Waals surface area (Å²) in [6, 6.07) is 0. The van der Waals surface area contributed by atoms with Crippen LogP contribution in [0.3, 0.4) is 0 Å². The number of ether oxygens (including phenoxy) is 1. The monoisotopic (exact) mass is 262 g/mol. The van der Waals surface area contributed by atoms with Gasteiger partial charge in [0.15, 0.2) is 0 Å². The predicted octanol–water partition coefficient (Wildman–Crippen LogP) is 4.69. The van der Waals surface area contributed by atoms with Gasteiger partial charge in [0.25, 0.3) is 0 Å². The highest BCUT2D eigenvalue weighted by Crippen LogP contribution is 2.12. The summed E-state index contributed by atoms with van der Waals surface area (Å²) in [5.74, 6) is 0.707. The molecule has 0 aliphatic rings. The molecule has 3 heteroatoms. The fourth-order valence-electron chi connectivity index (χ4n) is 1.64. The lowest BCUT2D eigenvalue weighted by Gasteiger charge is -2.19. The summed E-state index contributed by atoms with van der Waals surface area (Å²) < 4.78 is 5.24. The summed E-state index contributed by atoms with van der Waals surface area (Å²) in [6.45, 7) is 5.71. The van der Waals surface area contributed by atoms with Crippen LogP contribution in [0.2, 0.25) is 0 Å². The molecule has 0 saturated carbocycles. The number of unbranched alkanes of at least 4 members (excludes halogenated alkanes) is 6. The first-order valence-corrected chi connectivity index (χ1v) is 7.27. The molecule has 0 fully saturated rings. The van der Waals surface area contributed by atoms with Gasteiger partial charge in [-0.1, -0.05) is 32.1 Å². The van der Waals surface area contributed by atoms with Crippen LogP contribution in [0.1, 0.15) is 72.1 Å².